The molecule has 0 N–H and O–H groups in total. The van der Waals surface area contributed by atoms with Crippen LogP contribution in [0.25, 0.3) is 0 Å². The smallest absolute Gasteiger partial charge is 0.309 e. The van der Waals surface area contributed by atoms with E-state index in [0.717, 1.165) is 10.0 Å². The lowest BCUT2D eigenvalue weighted by molar-refractivity contribution is -0.151. The zero-order chi connectivity index (χ0) is 17.6. The maximum atomic E-state index is 12.5. The Labute approximate surface area is 155 Å². The highest BCUT2D eigenvalue weighted by Crippen LogP contribution is 2.21. The highest BCUT2D eigenvalue weighted by molar-refractivity contribution is 9.10. The third-order valence-electron chi connectivity index (χ3n) is 4.43. The van der Waals surface area contributed by atoms with Gasteiger partial charge < -0.3 is 9.64 Å². The second-order valence-corrected chi connectivity index (χ2v) is 7.08. The largest absolute Gasteiger partial charge is 0.461 e. The number of piperidine rings is 1. The van der Waals surface area contributed by atoms with Gasteiger partial charge in [-0.05, 0) is 42.7 Å². The zero-order valence-electron chi connectivity index (χ0n) is 13.9. The number of esters is 1. The van der Waals surface area contributed by atoms with E-state index in [1.54, 1.807) is 0 Å². The van der Waals surface area contributed by atoms with Crippen LogP contribution < -0.4 is 0 Å². The van der Waals surface area contributed by atoms with Crippen LogP contribution in [0.1, 0.15) is 28.8 Å². The third-order valence-corrected chi connectivity index (χ3v) is 4.96. The Kier molecular flexibility index (Phi) is 5.87. The van der Waals surface area contributed by atoms with Crippen LogP contribution in [0.2, 0.25) is 0 Å². The molecule has 0 radical (unpaired) electrons. The van der Waals surface area contributed by atoms with E-state index in [1.165, 1.54) is 0 Å². The quantitative estimate of drug-likeness (QED) is 0.726. The molecule has 0 atom stereocenters. The first-order valence-corrected chi connectivity index (χ1v) is 9.18. The van der Waals surface area contributed by atoms with E-state index in [-0.39, 0.29) is 17.8 Å². The molecule has 0 spiro atoms. The van der Waals surface area contributed by atoms with Gasteiger partial charge in [0.2, 0.25) is 0 Å². The molecule has 2 aromatic rings. The molecule has 1 aliphatic rings. The molecule has 5 heteroatoms. The van der Waals surface area contributed by atoms with Crippen LogP contribution >= 0.6 is 15.9 Å². The van der Waals surface area contributed by atoms with Crippen LogP contribution in [-0.4, -0.2) is 29.9 Å². The maximum Gasteiger partial charge on any atom is 0.309 e. The molecule has 1 aliphatic heterocycles. The number of hydrogen-bond donors (Lipinski definition) is 0. The second kappa shape index (κ2) is 8.30. The Morgan fingerprint density at radius 3 is 2.28 bits per heavy atom. The first-order chi connectivity index (χ1) is 12.1. The van der Waals surface area contributed by atoms with Crippen molar-refractivity contribution >= 4 is 27.8 Å². The van der Waals surface area contributed by atoms with Gasteiger partial charge in [0.05, 0.1) is 5.92 Å². The van der Waals surface area contributed by atoms with Gasteiger partial charge in [0.25, 0.3) is 5.91 Å². The van der Waals surface area contributed by atoms with Crippen molar-refractivity contribution in [3.63, 3.8) is 0 Å². The predicted octanol–water partition coefficient (Wildman–Crippen LogP) is 4.04. The van der Waals surface area contributed by atoms with Gasteiger partial charge in [0, 0.05) is 23.1 Å². The monoisotopic (exact) mass is 401 g/mol. The van der Waals surface area contributed by atoms with Crippen LogP contribution in [0.15, 0.2) is 59.1 Å². The van der Waals surface area contributed by atoms with E-state index in [1.807, 2.05) is 59.5 Å². The number of likely N-dealkylation sites (tertiary alicyclic amines) is 1. The van der Waals surface area contributed by atoms with Crippen LogP contribution in [0, 0.1) is 5.92 Å². The molecule has 0 saturated carbocycles. The van der Waals surface area contributed by atoms with E-state index < -0.39 is 0 Å². The number of benzene rings is 2. The molecular formula is C20H20BrNO3. The molecule has 130 valence electrons. The Morgan fingerprint density at radius 1 is 1.00 bits per heavy atom. The topological polar surface area (TPSA) is 46.6 Å². The number of carbonyl (C=O) groups is 2. The minimum absolute atomic E-state index is 0.0172. The first kappa shape index (κ1) is 17.7. The molecule has 0 aromatic heterocycles. The van der Waals surface area contributed by atoms with Crippen LogP contribution in [-0.2, 0) is 16.1 Å². The molecule has 1 fully saturated rings. The molecule has 0 aliphatic carbocycles. The molecule has 3 rings (SSSR count). The Morgan fingerprint density at radius 2 is 1.64 bits per heavy atom. The van der Waals surface area contributed by atoms with E-state index >= 15 is 0 Å². The van der Waals surface area contributed by atoms with Gasteiger partial charge in [-0.15, -0.1) is 0 Å². The molecular weight excluding hydrogens is 382 g/mol. The fourth-order valence-corrected chi connectivity index (χ4v) is 3.20. The summed E-state index contributed by atoms with van der Waals surface area (Å²) >= 11 is 3.37. The second-order valence-electron chi connectivity index (χ2n) is 6.17. The highest BCUT2D eigenvalue weighted by Gasteiger charge is 2.28. The van der Waals surface area contributed by atoms with Crippen LogP contribution in [0.3, 0.4) is 0 Å². The molecule has 0 bridgehead atoms. The first-order valence-electron chi connectivity index (χ1n) is 8.39. The van der Waals surface area contributed by atoms with E-state index in [9.17, 15) is 9.59 Å². The summed E-state index contributed by atoms with van der Waals surface area (Å²) < 4.78 is 6.36. The van der Waals surface area contributed by atoms with Crippen molar-refractivity contribution in [2.45, 2.75) is 19.4 Å². The van der Waals surface area contributed by atoms with Crippen molar-refractivity contribution in [3.8, 4) is 0 Å². The number of ether oxygens (including phenoxy) is 1. The van der Waals surface area contributed by atoms with Crippen molar-refractivity contribution < 1.29 is 14.3 Å². The average Bonchev–Trinajstić information content (AvgIpc) is 2.67. The van der Waals surface area contributed by atoms with Crippen molar-refractivity contribution in [2.24, 2.45) is 5.92 Å². The zero-order valence-corrected chi connectivity index (χ0v) is 15.4. The number of rotatable bonds is 4. The van der Waals surface area contributed by atoms with Gasteiger partial charge in [-0.25, -0.2) is 0 Å². The minimum atomic E-state index is -0.167. The number of hydrogen-bond acceptors (Lipinski definition) is 3. The summed E-state index contributed by atoms with van der Waals surface area (Å²) in [7, 11) is 0. The molecule has 25 heavy (non-hydrogen) atoms. The van der Waals surface area contributed by atoms with Crippen LogP contribution in [0.4, 0.5) is 0 Å². The number of halogens is 1. The number of carbonyl (C=O) groups excluding carboxylic acids is 2. The summed E-state index contributed by atoms with van der Waals surface area (Å²) in [5, 5.41) is 0. The van der Waals surface area contributed by atoms with Gasteiger partial charge in [-0.3, -0.25) is 9.59 Å². The van der Waals surface area contributed by atoms with Gasteiger partial charge in [0.15, 0.2) is 0 Å². The van der Waals surface area contributed by atoms with E-state index in [2.05, 4.69) is 15.9 Å². The summed E-state index contributed by atoms with van der Waals surface area (Å²) in [4.78, 5) is 26.5. The summed E-state index contributed by atoms with van der Waals surface area (Å²) in [6, 6.07) is 17.0. The van der Waals surface area contributed by atoms with Gasteiger partial charge in [-0.2, -0.15) is 0 Å². The Balaban J connectivity index is 1.48. The standard InChI is InChI=1S/C20H20BrNO3/c21-18-8-6-16(7-9-18)19(23)22-12-10-17(11-13-22)20(24)25-14-15-4-2-1-3-5-15/h1-9,17H,10-14H2. The Hall–Kier alpha value is -2.14. The summed E-state index contributed by atoms with van der Waals surface area (Å²) in [5.74, 6) is -0.277. The van der Waals surface area contributed by atoms with E-state index in [4.69, 9.17) is 4.74 Å². The van der Waals surface area contributed by atoms with E-state index in [0.29, 0.717) is 38.1 Å². The highest BCUT2D eigenvalue weighted by atomic mass is 79.9. The molecule has 0 unspecified atom stereocenters. The maximum absolute atomic E-state index is 12.5. The van der Waals surface area contributed by atoms with Crippen molar-refractivity contribution in [3.05, 3.63) is 70.2 Å². The molecule has 2 aromatic carbocycles. The number of nitrogens with zero attached hydrogens (tertiary/aromatic N) is 1. The SMILES string of the molecule is O=C(OCc1ccccc1)C1CCN(C(=O)c2ccc(Br)cc2)CC1. The molecule has 4 nitrogen and oxygen atoms in total. The fourth-order valence-electron chi connectivity index (χ4n) is 2.94. The Bertz CT molecular complexity index is 722. The normalized spacial score (nSPS) is 15.0. The van der Waals surface area contributed by atoms with Gasteiger partial charge in [-0.1, -0.05) is 46.3 Å². The lowest BCUT2D eigenvalue weighted by atomic mass is 9.96. The van der Waals surface area contributed by atoms with Gasteiger partial charge >= 0.3 is 5.97 Å². The predicted molar refractivity (Wildman–Crippen MR) is 99.0 cm³/mol. The van der Waals surface area contributed by atoms with Gasteiger partial charge in [0.1, 0.15) is 6.61 Å². The average molecular weight is 402 g/mol. The minimum Gasteiger partial charge on any atom is -0.461 e. The van der Waals surface area contributed by atoms with Crippen molar-refractivity contribution in [1.82, 2.24) is 4.90 Å². The lowest BCUT2D eigenvalue weighted by Crippen LogP contribution is -2.40. The summed E-state index contributed by atoms with van der Waals surface area (Å²) in [6.07, 6.45) is 1.30. The third kappa shape index (κ3) is 4.69. The van der Waals surface area contributed by atoms with Crippen molar-refractivity contribution in [1.29, 1.82) is 0 Å². The lowest BCUT2D eigenvalue weighted by Gasteiger charge is -2.31. The molecule has 1 amide bonds. The molecule has 1 saturated heterocycles. The van der Waals surface area contributed by atoms with Crippen LogP contribution in [0.5, 0.6) is 0 Å². The summed E-state index contributed by atoms with van der Waals surface area (Å²) in [6.45, 7) is 1.47. The number of amides is 1. The summed E-state index contributed by atoms with van der Waals surface area (Å²) in [5.41, 5.74) is 1.66. The van der Waals surface area contributed by atoms with Crippen molar-refractivity contribution in [2.75, 3.05) is 13.1 Å². The fraction of sp³-hybridized carbons (Fsp3) is 0.300. The molecule has 1 heterocycles.